The van der Waals surface area contributed by atoms with Crippen LogP contribution in [0.4, 0.5) is 11.4 Å². The highest BCUT2D eigenvalue weighted by molar-refractivity contribution is 5.95. The first-order valence-corrected chi connectivity index (χ1v) is 7.62. The largest absolute Gasteiger partial charge is 0.385 e. The smallest absolute Gasteiger partial charge is 0.122 e. The maximum atomic E-state index is 7.37. The summed E-state index contributed by atoms with van der Waals surface area (Å²) in [7, 11) is 0. The van der Waals surface area contributed by atoms with Crippen LogP contribution in [0.15, 0.2) is 53.5 Å². The van der Waals surface area contributed by atoms with Crippen LogP contribution in [0.25, 0.3) is 0 Å². The summed E-state index contributed by atoms with van der Waals surface area (Å²) >= 11 is 0. The zero-order valence-electron chi connectivity index (χ0n) is 13.6. The molecule has 0 atom stereocenters. The van der Waals surface area contributed by atoms with Crippen LogP contribution in [-0.2, 0) is 0 Å². The van der Waals surface area contributed by atoms with Crippen molar-refractivity contribution < 1.29 is 0 Å². The lowest BCUT2D eigenvalue weighted by Crippen LogP contribution is -2.11. The molecule has 24 heavy (non-hydrogen) atoms. The molecule has 0 unspecified atom stereocenters. The fourth-order valence-corrected chi connectivity index (χ4v) is 2.15. The summed E-state index contributed by atoms with van der Waals surface area (Å²) in [6.07, 6.45) is 0.808. The fraction of sp³-hybridized carbons (Fsp3) is 0.167. The maximum absolute atomic E-state index is 7.37. The molecule has 124 valence electrons. The van der Waals surface area contributed by atoms with Gasteiger partial charge in [-0.3, -0.25) is 15.8 Å². The van der Waals surface area contributed by atoms with Crippen LogP contribution >= 0.6 is 0 Å². The van der Waals surface area contributed by atoms with Gasteiger partial charge in [-0.1, -0.05) is 0 Å². The molecular weight excluding hydrogens is 300 g/mol. The molecule has 0 saturated heterocycles. The van der Waals surface area contributed by atoms with E-state index >= 15 is 0 Å². The summed E-state index contributed by atoms with van der Waals surface area (Å²) in [6, 6.07) is 14.8. The first kappa shape index (κ1) is 17.2. The van der Waals surface area contributed by atoms with Crippen molar-refractivity contribution >= 4 is 28.8 Å². The SMILES string of the molecule is CC(CCNc1ccc(C(=N)N)cc1)=Nc1ccc(C(=N)N)cc1. The van der Waals surface area contributed by atoms with Gasteiger partial charge in [0.1, 0.15) is 11.7 Å². The Bertz CT molecular complexity index is 744. The number of hydrogen-bond donors (Lipinski definition) is 5. The highest BCUT2D eigenvalue weighted by Gasteiger charge is 1.99. The number of nitrogen functional groups attached to an aromatic ring is 2. The van der Waals surface area contributed by atoms with E-state index in [-0.39, 0.29) is 11.7 Å². The predicted octanol–water partition coefficient (Wildman–Crippen LogP) is 2.85. The summed E-state index contributed by atoms with van der Waals surface area (Å²) < 4.78 is 0. The van der Waals surface area contributed by atoms with Gasteiger partial charge in [0.25, 0.3) is 0 Å². The molecule has 0 bridgehead atoms. The van der Waals surface area contributed by atoms with Gasteiger partial charge < -0.3 is 16.8 Å². The molecule has 2 aromatic carbocycles. The van der Waals surface area contributed by atoms with E-state index in [1.807, 2.05) is 43.3 Å². The third-order valence-corrected chi connectivity index (χ3v) is 3.51. The lowest BCUT2D eigenvalue weighted by Gasteiger charge is -2.07. The first-order valence-electron chi connectivity index (χ1n) is 7.62. The lowest BCUT2D eigenvalue weighted by atomic mass is 10.2. The average molecular weight is 322 g/mol. The van der Waals surface area contributed by atoms with Crippen LogP contribution in [0.2, 0.25) is 0 Å². The summed E-state index contributed by atoms with van der Waals surface area (Å²) in [5.74, 6) is 0.127. The van der Waals surface area contributed by atoms with Gasteiger partial charge >= 0.3 is 0 Å². The van der Waals surface area contributed by atoms with Crippen LogP contribution in [-0.4, -0.2) is 23.9 Å². The monoisotopic (exact) mass is 322 g/mol. The summed E-state index contributed by atoms with van der Waals surface area (Å²) in [4.78, 5) is 4.55. The number of amidine groups is 2. The lowest BCUT2D eigenvalue weighted by molar-refractivity contribution is 1.10. The summed E-state index contributed by atoms with van der Waals surface area (Å²) in [5.41, 5.74) is 15.1. The molecule has 0 aliphatic heterocycles. The fourth-order valence-electron chi connectivity index (χ4n) is 2.15. The molecule has 0 saturated carbocycles. The van der Waals surface area contributed by atoms with Crippen LogP contribution in [0.1, 0.15) is 24.5 Å². The summed E-state index contributed by atoms with van der Waals surface area (Å²) in [6.45, 7) is 2.75. The molecule has 0 radical (unpaired) electrons. The minimum absolute atomic E-state index is 0.0576. The van der Waals surface area contributed by atoms with Crippen LogP contribution in [0.5, 0.6) is 0 Å². The molecule has 2 aromatic rings. The predicted molar refractivity (Wildman–Crippen MR) is 101 cm³/mol. The molecule has 0 aliphatic carbocycles. The topological polar surface area (TPSA) is 124 Å². The number of nitrogens with zero attached hydrogens (tertiary/aromatic N) is 1. The molecule has 0 fully saturated rings. The Kier molecular flexibility index (Phi) is 5.68. The van der Waals surface area contributed by atoms with E-state index in [9.17, 15) is 0 Å². The molecule has 6 nitrogen and oxygen atoms in total. The Morgan fingerprint density at radius 1 is 0.917 bits per heavy atom. The van der Waals surface area contributed by atoms with Gasteiger partial charge in [-0.25, -0.2) is 0 Å². The maximum Gasteiger partial charge on any atom is 0.122 e. The Balaban J connectivity index is 1.86. The Hall–Kier alpha value is -3.15. The zero-order chi connectivity index (χ0) is 17.5. The van der Waals surface area contributed by atoms with Crippen molar-refractivity contribution in [2.45, 2.75) is 13.3 Å². The van der Waals surface area contributed by atoms with Crippen LogP contribution in [0.3, 0.4) is 0 Å². The van der Waals surface area contributed by atoms with Gasteiger partial charge in [-0.15, -0.1) is 0 Å². The van der Waals surface area contributed by atoms with Gasteiger partial charge in [0.15, 0.2) is 0 Å². The third-order valence-electron chi connectivity index (χ3n) is 3.51. The molecule has 2 rings (SSSR count). The van der Waals surface area contributed by atoms with Crippen molar-refractivity contribution in [1.29, 1.82) is 10.8 Å². The zero-order valence-corrected chi connectivity index (χ0v) is 13.6. The van der Waals surface area contributed by atoms with E-state index in [1.165, 1.54) is 0 Å². The number of anilines is 1. The molecule has 7 N–H and O–H groups in total. The van der Waals surface area contributed by atoms with E-state index in [4.69, 9.17) is 22.3 Å². The molecule has 0 aliphatic rings. The minimum Gasteiger partial charge on any atom is -0.385 e. The van der Waals surface area contributed by atoms with Crippen LogP contribution < -0.4 is 16.8 Å². The minimum atomic E-state index is 0.0576. The van der Waals surface area contributed by atoms with Crippen LogP contribution in [0, 0.1) is 10.8 Å². The van der Waals surface area contributed by atoms with Crippen molar-refractivity contribution in [2.24, 2.45) is 16.5 Å². The van der Waals surface area contributed by atoms with E-state index in [2.05, 4.69) is 10.3 Å². The van der Waals surface area contributed by atoms with Crippen molar-refractivity contribution in [2.75, 3.05) is 11.9 Å². The van der Waals surface area contributed by atoms with E-state index < -0.39 is 0 Å². The van der Waals surface area contributed by atoms with Gasteiger partial charge in [0.05, 0.1) is 5.69 Å². The second-order valence-electron chi connectivity index (χ2n) is 5.48. The standard InChI is InChI=1S/C18H22N6/c1-12(24-16-8-4-14(5-9-16)18(21)22)10-11-23-15-6-2-13(3-7-15)17(19)20/h2-9,23H,10-11H2,1H3,(H3,19,20)(H3,21,22). The molecule has 0 spiro atoms. The molecule has 0 heterocycles. The van der Waals surface area contributed by atoms with Gasteiger partial charge in [0.2, 0.25) is 0 Å². The summed E-state index contributed by atoms with van der Waals surface area (Å²) in [5, 5.41) is 18.1. The Morgan fingerprint density at radius 3 is 1.92 bits per heavy atom. The second kappa shape index (κ2) is 7.92. The van der Waals surface area contributed by atoms with Crippen molar-refractivity contribution in [1.82, 2.24) is 0 Å². The Morgan fingerprint density at radius 2 is 1.42 bits per heavy atom. The Labute approximate surface area is 141 Å². The quantitative estimate of drug-likeness (QED) is 0.397. The number of benzene rings is 2. The highest BCUT2D eigenvalue weighted by atomic mass is 14.9. The molecule has 0 amide bonds. The average Bonchev–Trinajstić information content (AvgIpc) is 2.55. The number of nitrogens with one attached hydrogen (secondary N) is 3. The van der Waals surface area contributed by atoms with Gasteiger partial charge in [-0.05, 0) is 55.5 Å². The number of rotatable bonds is 7. The third kappa shape index (κ3) is 4.95. The van der Waals surface area contributed by atoms with E-state index in [0.717, 1.165) is 30.1 Å². The number of aliphatic imine (C=N–C) groups is 1. The molecule has 0 aromatic heterocycles. The van der Waals surface area contributed by atoms with Crippen molar-refractivity contribution in [3.8, 4) is 0 Å². The molecular formula is C18H22N6. The second-order valence-corrected chi connectivity index (χ2v) is 5.48. The number of nitrogens with two attached hydrogens (primary N) is 2. The normalized spacial score (nSPS) is 11.1. The highest BCUT2D eigenvalue weighted by Crippen LogP contribution is 2.14. The first-order chi connectivity index (χ1) is 11.5. The van der Waals surface area contributed by atoms with Crippen molar-refractivity contribution in [3.63, 3.8) is 0 Å². The van der Waals surface area contributed by atoms with Gasteiger partial charge in [0, 0.05) is 35.5 Å². The van der Waals surface area contributed by atoms with E-state index in [0.29, 0.717) is 11.1 Å². The molecule has 6 heteroatoms. The number of hydrogen-bond acceptors (Lipinski definition) is 4. The van der Waals surface area contributed by atoms with Gasteiger partial charge in [-0.2, -0.15) is 0 Å². The van der Waals surface area contributed by atoms with Crippen molar-refractivity contribution in [3.05, 3.63) is 59.7 Å². The van der Waals surface area contributed by atoms with E-state index in [1.54, 1.807) is 12.1 Å².